The van der Waals surface area contributed by atoms with E-state index < -0.39 is 0 Å². The maximum atomic E-state index is 10.3. The van der Waals surface area contributed by atoms with Crippen LogP contribution in [0.15, 0.2) is 41.4 Å². The molecule has 1 N–H and O–H groups in total. The molecular formula is C23H27NO2. The van der Waals surface area contributed by atoms with E-state index in [2.05, 4.69) is 51.1 Å². The lowest BCUT2D eigenvalue weighted by Crippen LogP contribution is -2.25. The highest BCUT2D eigenvalue weighted by Crippen LogP contribution is 2.30. The summed E-state index contributed by atoms with van der Waals surface area (Å²) in [7, 11) is 0. The second kappa shape index (κ2) is 6.46. The van der Waals surface area contributed by atoms with Crippen molar-refractivity contribution in [2.24, 2.45) is 10.4 Å². The maximum Gasteiger partial charge on any atom is 0.216 e. The number of ether oxygens (including phenoxy) is 1. The molecule has 5 aliphatic rings. The van der Waals surface area contributed by atoms with Crippen LogP contribution in [0, 0.1) is 5.41 Å². The van der Waals surface area contributed by atoms with E-state index in [0.717, 1.165) is 42.7 Å². The zero-order valence-corrected chi connectivity index (χ0v) is 15.9. The molecule has 26 heavy (non-hydrogen) atoms. The fourth-order valence-electron chi connectivity index (χ4n) is 3.70. The van der Waals surface area contributed by atoms with Gasteiger partial charge in [-0.05, 0) is 65.5 Å². The van der Waals surface area contributed by atoms with E-state index in [1.54, 1.807) is 0 Å². The zero-order chi connectivity index (χ0) is 18.3. The van der Waals surface area contributed by atoms with E-state index >= 15 is 0 Å². The highest BCUT2D eigenvalue weighted by atomic mass is 16.5. The van der Waals surface area contributed by atoms with Crippen molar-refractivity contribution in [1.29, 1.82) is 0 Å². The highest BCUT2D eigenvalue weighted by Gasteiger charge is 2.31. The Balaban J connectivity index is 1.71. The highest BCUT2D eigenvalue weighted by molar-refractivity contribution is 5.97. The number of nitrogens with zero attached hydrogens (tertiary/aromatic N) is 1. The van der Waals surface area contributed by atoms with Crippen LogP contribution in [0.5, 0.6) is 5.75 Å². The summed E-state index contributed by atoms with van der Waals surface area (Å²) in [5.74, 6) is 1.21. The van der Waals surface area contributed by atoms with Crippen molar-refractivity contribution in [3.05, 3.63) is 64.2 Å². The quantitative estimate of drug-likeness (QED) is 0.825. The van der Waals surface area contributed by atoms with Crippen LogP contribution in [0.2, 0.25) is 0 Å². The van der Waals surface area contributed by atoms with Gasteiger partial charge in [0.25, 0.3) is 0 Å². The van der Waals surface area contributed by atoms with Gasteiger partial charge in [-0.1, -0.05) is 45.0 Å². The molecular weight excluding hydrogens is 322 g/mol. The van der Waals surface area contributed by atoms with Gasteiger partial charge in [-0.3, -0.25) is 0 Å². The van der Waals surface area contributed by atoms with Crippen molar-refractivity contribution < 1.29 is 9.84 Å². The standard InChI is InChI=1S/C23H27NO2/c1-23(2,3)21-14-26-22(24-21)19-12-15-4-5-16-7-9-18(20(25)13-16)11-10-17(19)8-6-15/h6-9,12-13,21,25H,4-5,10-11,14H2,1-3H3/t21-/m1/s1. The predicted molar refractivity (Wildman–Crippen MR) is 105 cm³/mol. The Morgan fingerprint density at radius 3 is 2.23 bits per heavy atom. The van der Waals surface area contributed by atoms with Gasteiger partial charge < -0.3 is 9.84 Å². The first-order valence-corrected chi connectivity index (χ1v) is 9.54. The van der Waals surface area contributed by atoms with Crippen LogP contribution in [0.25, 0.3) is 0 Å². The van der Waals surface area contributed by atoms with Gasteiger partial charge in [-0.25, -0.2) is 4.99 Å². The van der Waals surface area contributed by atoms with Crippen molar-refractivity contribution in [3.63, 3.8) is 0 Å². The molecule has 1 heterocycles. The third-order valence-electron chi connectivity index (χ3n) is 5.57. The SMILES string of the molecule is CC(C)(C)[C@H]1COC(c2cc3ccc2CCc2ccc(cc2O)CC3)=N1. The zero-order valence-electron chi connectivity index (χ0n) is 15.9. The van der Waals surface area contributed by atoms with Crippen molar-refractivity contribution >= 4 is 5.90 Å². The first-order valence-electron chi connectivity index (χ1n) is 9.54. The predicted octanol–water partition coefficient (Wildman–Crippen LogP) is 4.47. The average Bonchev–Trinajstić information content (AvgIpc) is 3.08. The molecule has 7 rings (SSSR count). The minimum atomic E-state index is 0.105. The molecule has 3 heteroatoms. The van der Waals surface area contributed by atoms with E-state index in [9.17, 15) is 5.11 Å². The summed E-state index contributed by atoms with van der Waals surface area (Å²) in [5, 5.41) is 10.3. The van der Waals surface area contributed by atoms with Gasteiger partial charge in [0.1, 0.15) is 12.4 Å². The van der Waals surface area contributed by atoms with E-state index in [4.69, 9.17) is 9.73 Å². The van der Waals surface area contributed by atoms with Gasteiger partial charge in [-0.15, -0.1) is 0 Å². The molecule has 1 aliphatic heterocycles. The number of phenols is 1. The third kappa shape index (κ3) is 3.35. The summed E-state index contributed by atoms with van der Waals surface area (Å²) >= 11 is 0. The van der Waals surface area contributed by atoms with Gasteiger partial charge >= 0.3 is 0 Å². The Morgan fingerprint density at radius 2 is 1.58 bits per heavy atom. The number of aryl methyl sites for hydroxylation is 4. The smallest absolute Gasteiger partial charge is 0.216 e. The fourth-order valence-corrected chi connectivity index (χ4v) is 3.70. The van der Waals surface area contributed by atoms with E-state index in [1.807, 2.05) is 6.07 Å². The lowest BCUT2D eigenvalue weighted by atomic mass is 9.88. The lowest BCUT2D eigenvalue weighted by Gasteiger charge is -2.21. The molecule has 0 amide bonds. The summed E-state index contributed by atoms with van der Waals surface area (Å²) in [4.78, 5) is 4.90. The first kappa shape index (κ1) is 17.1. The number of aliphatic imine (C=N–C) groups is 1. The van der Waals surface area contributed by atoms with E-state index in [-0.39, 0.29) is 11.5 Å². The third-order valence-corrected chi connectivity index (χ3v) is 5.57. The number of rotatable bonds is 1. The Labute approximate surface area is 155 Å². The van der Waals surface area contributed by atoms with Crippen LogP contribution < -0.4 is 0 Å². The van der Waals surface area contributed by atoms with Crippen molar-refractivity contribution in [2.75, 3.05) is 6.61 Å². The van der Waals surface area contributed by atoms with Crippen molar-refractivity contribution in [2.45, 2.75) is 52.5 Å². The molecule has 0 spiro atoms. The van der Waals surface area contributed by atoms with Gasteiger partial charge in [0.05, 0.1) is 6.04 Å². The summed E-state index contributed by atoms with van der Waals surface area (Å²) < 4.78 is 6.02. The number of hydrogen-bond acceptors (Lipinski definition) is 3. The Morgan fingerprint density at radius 1 is 0.923 bits per heavy atom. The molecule has 0 saturated carbocycles. The van der Waals surface area contributed by atoms with Crippen molar-refractivity contribution in [1.82, 2.24) is 0 Å². The second-order valence-corrected chi connectivity index (χ2v) is 8.58. The molecule has 0 radical (unpaired) electrons. The topological polar surface area (TPSA) is 41.8 Å². The molecule has 3 nitrogen and oxygen atoms in total. The molecule has 0 aromatic heterocycles. The van der Waals surface area contributed by atoms with Gasteiger partial charge in [0.2, 0.25) is 5.90 Å². The molecule has 0 saturated heterocycles. The summed E-state index contributed by atoms with van der Waals surface area (Å²) in [6, 6.07) is 13.0. The fraction of sp³-hybridized carbons (Fsp3) is 0.435. The monoisotopic (exact) mass is 349 g/mol. The molecule has 2 aromatic rings. The van der Waals surface area contributed by atoms with Crippen LogP contribution in [0.1, 0.15) is 48.6 Å². The summed E-state index contributed by atoms with van der Waals surface area (Å²) in [6.07, 6.45) is 3.55. The summed E-state index contributed by atoms with van der Waals surface area (Å²) in [5.41, 5.74) is 5.95. The molecule has 2 aromatic carbocycles. The van der Waals surface area contributed by atoms with Gasteiger partial charge in [-0.2, -0.15) is 0 Å². The minimum absolute atomic E-state index is 0.105. The number of phenolic OH excluding ortho intramolecular Hbond substituents is 1. The summed E-state index contributed by atoms with van der Waals surface area (Å²) in [6.45, 7) is 7.29. The van der Waals surface area contributed by atoms with Crippen LogP contribution >= 0.6 is 0 Å². The Kier molecular flexibility index (Phi) is 4.26. The minimum Gasteiger partial charge on any atom is -0.508 e. The first-order chi connectivity index (χ1) is 12.4. The number of benzene rings is 2. The lowest BCUT2D eigenvalue weighted by molar-refractivity contribution is 0.236. The van der Waals surface area contributed by atoms with Crippen molar-refractivity contribution in [3.8, 4) is 5.75 Å². The van der Waals surface area contributed by atoms with Crippen LogP contribution in [0.4, 0.5) is 0 Å². The van der Waals surface area contributed by atoms with Crippen LogP contribution in [0.3, 0.4) is 0 Å². The number of hydrogen-bond donors (Lipinski definition) is 1. The normalized spacial score (nSPS) is 19.7. The molecule has 0 fully saturated rings. The van der Waals surface area contributed by atoms with Crippen LogP contribution in [-0.4, -0.2) is 23.7 Å². The molecule has 4 aliphatic carbocycles. The van der Waals surface area contributed by atoms with E-state index in [0.29, 0.717) is 12.4 Å². The average molecular weight is 349 g/mol. The maximum absolute atomic E-state index is 10.3. The Bertz CT molecular complexity index is 861. The molecule has 1 atom stereocenters. The van der Waals surface area contributed by atoms with Gasteiger partial charge in [0, 0.05) is 5.56 Å². The Hall–Kier alpha value is -2.29. The van der Waals surface area contributed by atoms with Crippen LogP contribution in [-0.2, 0) is 30.4 Å². The largest absolute Gasteiger partial charge is 0.508 e. The molecule has 0 unspecified atom stereocenters. The molecule has 136 valence electrons. The van der Waals surface area contributed by atoms with E-state index in [1.165, 1.54) is 16.7 Å². The van der Waals surface area contributed by atoms with Gasteiger partial charge in [0.15, 0.2) is 0 Å². The molecule has 4 bridgehead atoms. The number of aromatic hydroxyl groups is 1. The second-order valence-electron chi connectivity index (χ2n) is 8.58.